The van der Waals surface area contributed by atoms with Crippen LogP contribution in [0.2, 0.25) is 0 Å². The molecular weight excluding hydrogens is 148 g/mol. The molecule has 0 aliphatic carbocycles. The molecule has 0 radical (unpaired) electrons. The van der Waals surface area contributed by atoms with Crippen LogP contribution >= 0.6 is 0 Å². The molecule has 2 nitrogen and oxygen atoms in total. The Hall–Kier alpha value is -0.0800. The van der Waals surface area contributed by atoms with Gasteiger partial charge in [0, 0.05) is 31.2 Å². The van der Waals surface area contributed by atoms with Crippen molar-refractivity contribution in [3.05, 3.63) is 0 Å². The van der Waals surface area contributed by atoms with Crippen LogP contribution in [-0.2, 0) is 0 Å². The van der Waals surface area contributed by atoms with Gasteiger partial charge in [0.05, 0.1) is 0 Å². The maximum absolute atomic E-state index is 2.69. The number of rotatable bonds is 2. The normalized spacial score (nSPS) is 37.0. The van der Waals surface area contributed by atoms with E-state index < -0.39 is 0 Å². The highest BCUT2D eigenvalue weighted by molar-refractivity contribution is 5.01. The summed E-state index contributed by atoms with van der Waals surface area (Å²) in [4.78, 5) is 5.27. The van der Waals surface area contributed by atoms with E-state index in [9.17, 15) is 0 Å². The van der Waals surface area contributed by atoms with Crippen molar-refractivity contribution >= 4 is 0 Å². The van der Waals surface area contributed by atoms with E-state index >= 15 is 0 Å². The monoisotopic (exact) mass is 168 g/mol. The van der Waals surface area contributed by atoms with Gasteiger partial charge in [-0.3, -0.25) is 4.90 Å². The van der Waals surface area contributed by atoms with Gasteiger partial charge in [0.1, 0.15) is 0 Å². The molecule has 3 heterocycles. The molecule has 2 atom stereocenters. The zero-order valence-electron chi connectivity index (χ0n) is 8.45. The SMILES string of the molecule is CCN1CC2CC(C1)N2C(C)C. The number of piperazine rings is 1. The lowest BCUT2D eigenvalue weighted by molar-refractivity contribution is -0.0862. The van der Waals surface area contributed by atoms with E-state index in [4.69, 9.17) is 0 Å². The Kier molecular flexibility index (Phi) is 2.13. The van der Waals surface area contributed by atoms with E-state index in [0.29, 0.717) is 0 Å². The second kappa shape index (κ2) is 3.00. The topological polar surface area (TPSA) is 6.48 Å². The largest absolute Gasteiger partial charge is 0.301 e. The number of hydrogen-bond acceptors (Lipinski definition) is 2. The van der Waals surface area contributed by atoms with E-state index in [-0.39, 0.29) is 0 Å². The van der Waals surface area contributed by atoms with Crippen molar-refractivity contribution in [1.82, 2.24) is 9.80 Å². The summed E-state index contributed by atoms with van der Waals surface area (Å²) in [6.07, 6.45) is 1.45. The zero-order valence-corrected chi connectivity index (χ0v) is 8.45. The van der Waals surface area contributed by atoms with Crippen LogP contribution < -0.4 is 0 Å². The molecule has 0 aromatic heterocycles. The average Bonchev–Trinajstić information content (AvgIpc) is 2.03. The summed E-state index contributed by atoms with van der Waals surface area (Å²) in [5, 5.41) is 0. The standard InChI is InChI=1S/C10H20N2/c1-4-11-6-9-5-10(7-11)12(9)8(2)3/h8-10H,4-7H2,1-3H3. The smallest absolute Gasteiger partial charge is 0.0244 e. The fraction of sp³-hybridized carbons (Fsp3) is 1.00. The van der Waals surface area contributed by atoms with Crippen LogP contribution in [0.5, 0.6) is 0 Å². The van der Waals surface area contributed by atoms with Gasteiger partial charge in [-0.05, 0) is 26.8 Å². The molecule has 0 spiro atoms. The lowest BCUT2D eigenvalue weighted by Gasteiger charge is -2.58. The van der Waals surface area contributed by atoms with Crippen LogP contribution in [0.1, 0.15) is 27.2 Å². The first-order valence-electron chi connectivity index (χ1n) is 5.22. The highest BCUT2D eigenvalue weighted by Gasteiger charge is 2.44. The van der Waals surface area contributed by atoms with Crippen molar-refractivity contribution < 1.29 is 0 Å². The fourth-order valence-electron chi connectivity index (χ4n) is 2.83. The Bertz CT molecular complexity index is 155. The summed E-state index contributed by atoms with van der Waals surface area (Å²) in [5.41, 5.74) is 0. The predicted molar refractivity (Wildman–Crippen MR) is 51.3 cm³/mol. The van der Waals surface area contributed by atoms with Crippen molar-refractivity contribution in [3.63, 3.8) is 0 Å². The quantitative estimate of drug-likeness (QED) is 0.611. The summed E-state index contributed by atoms with van der Waals surface area (Å²) in [7, 11) is 0. The summed E-state index contributed by atoms with van der Waals surface area (Å²) in [5.74, 6) is 0. The molecule has 3 rings (SSSR count). The fourth-order valence-corrected chi connectivity index (χ4v) is 2.83. The molecule has 3 aliphatic heterocycles. The van der Waals surface area contributed by atoms with Crippen molar-refractivity contribution in [3.8, 4) is 0 Å². The highest BCUT2D eigenvalue weighted by atomic mass is 15.4. The van der Waals surface area contributed by atoms with E-state index in [1.54, 1.807) is 0 Å². The van der Waals surface area contributed by atoms with E-state index in [0.717, 1.165) is 18.1 Å². The molecule has 3 saturated heterocycles. The third kappa shape index (κ3) is 1.17. The summed E-state index contributed by atoms with van der Waals surface area (Å²) < 4.78 is 0. The molecule has 2 bridgehead atoms. The summed E-state index contributed by atoms with van der Waals surface area (Å²) >= 11 is 0. The molecule has 70 valence electrons. The van der Waals surface area contributed by atoms with E-state index in [1.807, 2.05) is 0 Å². The Morgan fingerprint density at radius 1 is 1.25 bits per heavy atom. The molecular formula is C10H20N2. The van der Waals surface area contributed by atoms with Gasteiger partial charge in [-0.25, -0.2) is 0 Å². The minimum Gasteiger partial charge on any atom is -0.301 e. The second-order valence-corrected chi connectivity index (χ2v) is 4.44. The number of fused-ring (bicyclic) bond motifs is 2. The number of hydrogen-bond donors (Lipinski definition) is 0. The van der Waals surface area contributed by atoms with Gasteiger partial charge in [0.15, 0.2) is 0 Å². The Balaban J connectivity index is 1.94. The van der Waals surface area contributed by atoms with Crippen molar-refractivity contribution in [2.45, 2.75) is 45.3 Å². The molecule has 0 amide bonds. The minimum absolute atomic E-state index is 0.757. The molecule has 12 heavy (non-hydrogen) atoms. The summed E-state index contributed by atoms with van der Waals surface area (Å²) in [6, 6.07) is 2.51. The Morgan fingerprint density at radius 3 is 2.25 bits per heavy atom. The van der Waals surface area contributed by atoms with E-state index in [2.05, 4.69) is 30.6 Å². The van der Waals surface area contributed by atoms with Gasteiger partial charge in [-0.2, -0.15) is 0 Å². The Morgan fingerprint density at radius 2 is 1.83 bits per heavy atom. The van der Waals surface area contributed by atoms with E-state index in [1.165, 1.54) is 26.1 Å². The molecule has 2 unspecified atom stereocenters. The van der Waals surface area contributed by atoms with Crippen LogP contribution in [0.25, 0.3) is 0 Å². The molecule has 3 fully saturated rings. The number of piperidine rings is 1. The first-order chi connectivity index (χ1) is 5.72. The first-order valence-corrected chi connectivity index (χ1v) is 5.22. The van der Waals surface area contributed by atoms with Gasteiger partial charge < -0.3 is 4.90 Å². The van der Waals surface area contributed by atoms with Gasteiger partial charge in [0.2, 0.25) is 0 Å². The molecule has 0 N–H and O–H groups in total. The zero-order chi connectivity index (χ0) is 8.72. The molecule has 0 aromatic rings. The van der Waals surface area contributed by atoms with Crippen LogP contribution in [0.4, 0.5) is 0 Å². The molecule has 0 aromatic carbocycles. The van der Waals surface area contributed by atoms with Gasteiger partial charge >= 0.3 is 0 Å². The lowest BCUT2D eigenvalue weighted by Crippen LogP contribution is -2.70. The summed E-state index contributed by atoms with van der Waals surface area (Å²) in [6.45, 7) is 10.8. The maximum Gasteiger partial charge on any atom is 0.0244 e. The molecule has 2 heteroatoms. The third-order valence-electron chi connectivity index (χ3n) is 3.37. The van der Waals surface area contributed by atoms with Gasteiger partial charge in [-0.1, -0.05) is 6.92 Å². The Labute approximate surface area is 75.5 Å². The predicted octanol–water partition coefficient (Wildman–Crippen LogP) is 1.17. The minimum atomic E-state index is 0.757. The lowest BCUT2D eigenvalue weighted by atomic mass is 9.86. The third-order valence-corrected chi connectivity index (χ3v) is 3.37. The van der Waals surface area contributed by atoms with Crippen molar-refractivity contribution in [2.75, 3.05) is 19.6 Å². The molecule has 3 aliphatic rings. The van der Waals surface area contributed by atoms with Crippen molar-refractivity contribution in [2.24, 2.45) is 0 Å². The van der Waals surface area contributed by atoms with Gasteiger partial charge in [0.25, 0.3) is 0 Å². The second-order valence-electron chi connectivity index (χ2n) is 4.44. The number of nitrogens with zero attached hydrogens (tertiary/aromatic N) is 2. The molecule has 0 saturated carbocycles. The van der Waals surface area contributed by atoms with Crippen LogP contribution in [0, 0.1) is 0 Å². The number of likely N-dealkylation sites (N-methyl/N-ethyl adjacent to an activating group) is 1. The van der Waals surface area contributed by atoms with Crippen LogP contribution in [0.3, 0.4) is 0 Å². The highest BCUT2D eigenvalue weighted by Crippen LogP contribution is 2.33. The van der Waals surface area contributed by atoms with Gasteiger partial charge in [-0.15, -0.1) is 0 Å². The first kappa shape index (κ1) is 8.52. The van der Waals surface area contributed by atoms with Crippen LogP contribution in [-0.4, -0.2) is 47.6 Å². The maximum atomic E-state index is 2.69. The van der Waals surface area contributed by atoms with Crippen molar-refractivity contribution in [1.29, 1.82) is 0 Å². The average molecular weight is 168 g/mol. The van der Waals surface area contributed by atoms with Crippen LogP contribution in [0.15, 0.2) is 0 Å².